The van der Waals surface area contributed by atoms with Gasteiger partial charge < -0.3 is 10.2 Å². The Morgan fingerprint density at radius 2 is 1.56 bits per heavy atom. The summed E-state index contributed by atoms with van der Waals surface area (Å²) in [5.41, 5.74) is 1.02. The molecule has 0 spiro atoms. The highest BCUT2D eigenvalue weighted by Gasteiger charge is 2.58. The molecule has 4 rings (SSSR count). The summed E-state index contributed by atoms with van der Waals surface area (Å²) in [6, 6.07) is 19.8. The molecule has 4 nitrogen and oxygen atoms in total. The molecule has 4 heteroatoms. The van der Waals surface area contributed by atoms with E-state index in [1.807, 2.05) is 60.7 Å². The number of rotatable bonds is 6. The first kappa shape index (κ1) is 15.9. The number of nitrogens with one attached hydrogen (secondary N) is 1. The minimum Gasteiger partial charge on any atom is -0.352 e. The van der Waals surface area contributed by atoms with E-state index in [1.165, 1.54) is 0 Å². The zero-order chi connectivity index (χ0) is 17.3. The fourth-order valence-electron chi connectivity index (χ4n) is 3.13. The highest BCUT2D eigenvalue weighted by molar-refractivity contribution is 6.14. The molecule has 0 atom stereocenters. The van der Waals surface area contributed by atoms with E-state index in [1.54, 1.807) is 4.90 Å². The average molecular weight is 334 g/mol. The Morgan fingerprint density at radius 3 is 2.12 bits per heavy atom. The molecule has 2 aliphatic carbocycles. The van der Waals surface area contributed by atoms with Crippen molar-refractivity contribution in [1.82, 2.24) is 5.32 Å². The zero-order valence-corrected chi connectivity index (χ0v) is 14.2. The molecule has 0 aliphatic heterocycles. The molecule has 2 saturated carbocycles. The lowest BCUT2D eigenvalue weighted by Gasteiger charge is -2.27. The number of nitrogens with zero attached hydrogens (tertiary/aromatic N) is 1. The topological polar surface area (TPSA) is 49.4 Å². The number of anilines is 1. The fourth-order valence-corrected chi connectivity index (χ4v) is 3.13. The van der Waals surface area contributed by atoms with Crippen LogP contribution in [0, 0.1) is 5.41 Å². The number of hydrogen-bond donors (Lipinski definition) is 1. The quantitative estimate of drug-likeness (QED) is 0.824. The number of hydrogen-bond acceptors (Lipinski definition) is 2. The molecule has 128 valence electrons. The number of carbonyl (C=O) groups is 2. The minimum absolute atomic E-state index is 0.0827. The number of carbonyl (C=O) groups excluding carboxylic acids is 2. The van der Waals surface area contributed by atoms with Crippen LogP contribution in [0.15, 0.2) is 60.7 Å². The standard InChI is InChI=1S/C21H22N2O2/c24-19(22-17-11-12-17)21(13-14-21)20(25)23(18-9-5-2-6-10-18)15-16-7-3-1-4-8-16/h1-10,17H,11-15H2,(H,22,24). The predicted octanol–water partition coefficient (Wildman–Crippen LogP) is 3.28. The van der Waals surface area contributed by atoms with Crippen LogP contribution >= 0.6 is 0 Å². The molecule has 0 heterocycles. The van der Waals surface area contributed by atoms with Crippen molar-refractivity contribution in [2.75, 3.05) is 4.90 Å². The lowest BCUT2D eigenvalue weighted by molar-refractivity contribution is -0.135. The summed E-state index contributed by atoms with van der Waals surface area (Å²) in [6.07, 6.45) is 3.34. The second-order valence-corrected chi connectivity index (χ2v) is 7.04. The van der Waals surface area contributed by atoms with Gasteiger partial charge in [0, 0.05) is 11.7 Å². The maximum atomic E-state index is 13.3. The van der Waals surface area contributed by atoms with Crippen molar-refractivity contribution < 1.29 is 9.59 Å². The Hall–Kier alpha value is -2.62. The fraction of sp³-hybridized carbons (Fsp3) is 0.333. The van der Waals surface area contributed by atoms with E-state index >= 15 is 0 Å². The summed E-state index contributed by atoms with van der Waals surface area (Å²) in [5.74, 6) is -0.172. The maximum absolute atomic E-state index is 13.3. The average Bonchev–Trinajstić information content (AvgIpc) is 3.55. The summed E-state index contributed by atoms with van der Waals surface area (Å²) >= 11 is 0. The smallest absolute Gasteiger partial charge is 0.242 e. The number of para-hydroxylation sites is 1. The van der Waals surface area contributed by atoms with Gasteiger partial charge in [0.05, 0.1) is 6.54 Å². The Balaban J connectivity index is 1.61. The molecule has 0 unspecified atom stereocenters. The summed E-state index contributed by atoms with van der Waals surface area (Å²) in [4.78, 5) is 27.7. The van der Waals surface area contributed by atoms with Gasteiger partial charge in [-0.1, -0.05) is 48.5 Å². The van der Waals surface area contributed by atoms with Crippen molar-refractivity contribution in [3.05, 3.63) is 66.2 Å². The van der Waals surface area contributed by atoms with E-state index in [0.29, 0.717) is 19.4 Å². The molecule has 2 aliphatic rings. The van der Waals surface area contributed by atoms with Gasteiger partial charge in [0.2, 0.25) is 11.8 Å². The molecule has 0 radical (unpaired) electrons. The van der Waals surface area contributed by atoms with E-state index in [-0.39, 0.29) is 17.9 Å². The Labute approximate surface area is 147 Å². The zero-order valence-electron chi connectivity index (χ0n) is 14.2. The van der Waals surface area contributed by atoms with Gasteiger partial charge >= 0.3 is 0 Å². The van der Waals surface area contributed by atoms with Gasteiger partial charge in [0.1, 0.15) is 5.41 Å². The maximum Gasteiger partial charge on any atom is 0.242 e. The SMILES string of the molecule is O=C(NC1CC1)C1(C(=O)N(Cc2ccccc2)c2ccccc2)CC1. The van der Waals surface area contributed by atoms with E-state index < -0.39 is 5.41 Å². The van der Waals surface area contributed by atoms with Gasteiger partial charge in [-0.15, -0.1) is 0 Å². The molecule has 2 amide bonds. The molecule has 0 saturated heterocycles. The molecule has 2 aromatic rings. The predicted molar refractivity (Wildman–Crippen MR) is 96.9 cm³/mol. The molecule has 2 aromatic carbocycles. The van der Waals surface area contributed by atoms with Crippen molar-refractivity contribution >= 4 is 17.5 Å². The first-order chi connectivity index (χ1) is 12.2. The molecular formula is C21H22N2O2. The van der Waals surface area contributed by atoms with Gasteiger partial charge in [0.25, 0.3) is 0 Å². The van der Waals surface area contributed by atoms with Crippen LogP contribution in [0.4, 0.5) is 5.69 Å². The van der Waals surface area contributed by atoms with Crippen LogP contribution in [-0.2, 0) is 16.1 Å². The monoisotopic (exact) mass is 334 g/mol. The van der Waals surface area contributed by atoms with Crippen molar-refractivity contribution in [2.45, 2.75) is 38.3 Å². The van der Waals surface area contributed by atoms with E-state index in [9.17, 15) is 9.59 Å². The molecular weight excluding hydrogens is 312 g/mol. The van der Waals surface area contributed by atoms with Crippen molar-refractivity contribution in [1.29, 1.82) is 0 Å². The second kappa shape index (κ2) is 6.36. The Bertz CT molecular complexity index is 765. The normalized spacial score (nSPS) is 17.6. The highest BCUT2D eigenvalue weighted by Crippen LogP contribution is 2.49. The third-order valence-corrected chi connectivity index (χ3v) is 5.00. The van der Waals surface area contributed by atoms with E-state index in [0.717, 1.165) is 24.1 Å². The van der Waals surface area contributed by atoms with Gasteiger partial charge in [-0.2, -0.15) is 0 Å². The molecule has 0 bridgehead atoms. The van der Waals surface area contributed by atoms with Crippen LogP contribution in [0.1, 0.15) is 31.2 Å². The molecule has 1 N–H and O–H groups in total. The summed E-state index contributed by atoms with van der Waals surface area (Å²) in [6.45, 7) is 0.474. The van der Waals surface area contributed by atoms with E-state index in [2.05, 4.69) is 5.32 Å². The number of benzene rings is 2. The van der Waals surface area contributed by atoms with Crippen molar-refractivity contribution in [2.24, 2.45) is 5.41 Å². The lowest BCUT2D eigenvalue weighted by atomic mass is 10.0. The molecule has 2 fully saturated rings. The highest BCUT2D eigenvalue weighted by atomic mass is 16.2. The Morgan fingerprint density at radius 1 is 0.960 bits per heavy atom. The van der Waals surface area contributed by atoms with Crippen LogP contribution < -0.4 is 10.2 Å². The van der Waals surface area contributed by atoms with Crippen LogP contribution in [0.2, 0.25) is 0 Å². The third kappa shape index (κ3) is 3.29. The Kier molecular flexibility index (Phi) is 4.04. The van der Waals surface area contributed by atoms with Gasteiger partial charge in [-0.25, -0.2) is 0 Å². The van der Waals surface area contributed by atoms with Crippen LogP contribution in [-0.4, -0.2) is 17.9 Å². The third-order valence-electron chi connectivity index (χ3n) is 5.00. The van der Waals surface area contributed by atoms with Gasteiger partial charge in [-0.05, 0) is 43.4 Å². The minimum atomic E-state index is -0.868. The molecule has 25 heavy (non-hydrogen) atoms. The van der Waals surface area contributed by atoms with Crippen molar-refractivity contribution in [3.63, 3.8) is 0 Å². The van der Waals surface area contributed by atoms with Gasteiger partial charge in [-0.3, -0.25) is 9.59 Å². The van der Waals surface area contributed by atoms with Crippen molar-refractivity contribution in [3.8, 4) is 0 Å². The summed E-state index contributed by atoms with van der Waals surface area (Å²) in [5, 5.41) is 3.02. The largest absolute Gasteiger partial charge is 0.352 e. The second-order valence-electron chi connectivity index (χ2n) is 7.04. The van der Waals surface area contributed by atoms with Crippen LogP contribution in [0.3, 0.4) is 0 Å². The first-order valence-corrected chi connectivity index (χ1v) is 8.91. The van der Waals surface area contributed by atoms with E-state index in [4.69, 9.17) is 0 Å². The summed E-state index contributed by atoms with van der Waals surface area (Å²) in [7, 11) is 0. The van der Waals surface area contributed by atoms with Crippen LogP contribution in [0.25, 0.3) is 0 Å². The lowest BCUT2D eigenvalue weighted by Crippen LogP contribution is -2.45. The molecule has 0 aromatic heterocycles. The first-order valence-electron chi connectivity index (χ1n) is 8.91. The van der Waals surface area contributed by atoms with Gasteiger partial charge in [0.15, 0.2) is 0 Å². The number of amides is 2. The summed E-state index contributed by atoms with van der Waals surface area (Å²) < 4.78 is 0. The van der Waals surface area contributed by atoms with Crippen LogP contribution in [0.5, 0.6) is 0 Å².